The fraction of sp³-hybridized carbons (Fsp3) is 0.316. The van der Waals surface area contributed by atoms with Gasteiger partial charge in [-0.3, -0.25) is 4.79 Å². The van der Waals surface area contributed by atoms with Crippen LogP contribution in [-0.4, -0.2) is 5.91 Å². The first-order chi connectivity index (χ1) is 10.2. The molecule has 1 fully saturated rings. The van der Waals surface area contributed by atoms with Crippen LogP contribution in [0.2, 0.25) is 0 Å². The van der Waals surface area contributed by atoms with Crippen molar-refractivity contribution < 1.29 is 4.79 Å². The molecular formula is C19H19NO. The van der Waals surface area contributed by atoms with E-state index in [0.717, 1.165) is 25.7 Å². The minimum Gasteiger partial charge on any atom is -0.369 e. The van der Waals surface area contributed by atoms with E-state index in [1.165, 1.54) is 27.5 Å². The van der Waals surface area contributed by atoms with Crippen molar-refractivity contribution >= 4 is 22.8 Å². The van der Waals surface area contributed by atoms with Crippen LogP contribution in [0.15, 0.2) is 42.0 Å². The highest BCUT2D eigenvalue weighted by Crippen LogP contribution is 2.41. The number of hydrogen-bond acceptors (Lipinski definition) is 1. The molecule has 2 aliphatic rings. The molecule has 0 spiro atoms. The number of primary amides is 1. The molecule has 0 saturated heterocycles. The first-order valence-corrected chi connectivity index (χ1v) is 7.72. The van der Waals surface area contributed by atoms with Gasteiger partial charge in [-0.1, -0.05) is 42.0 Å². The smallest absolute Gasteiger partial charge is 0.220 e. The quantitative estimate of drug-likeness (QED) is 0.849. The summed E-state index contributed by atoms with van der Waals surface area (Å²) in [5.74, 6) is 0.502. The zero-order valence-electron chi connectivity index (χ0n) is 12.0. The van der Waals surface area contributed by atoms with Gasteiger partial charge in [-0.05, 0) is 59.6 Å². The highest BCUT2D eigenvalue weighted by atomic mass is 16.1. The molecule has 2 aromatic rings. The van der Waals surface area contributed by atoms with Gasteiger partial charge in [0, 0.05) is 5.92 Å². The van der Waals surface area contributed by atoms with Crippen LogP contribution in [-0.2, 0) is 11.2 Å². The van der Waals surface area contributed by atoms with E-state index < -0.39 is 0 Å². The van der Waals surface area contributed by atoms with Crippen molar-refractivity contribution in [3.63, 3.8) is 0 Å². The molecule has 2 heteroatoms. The average molecular weight is 277 g/mol. The summed E-state index contributed by atoms with van der Waals surface area (Å²) in [5.41, 5.74) is 9.68. The third kappa shape index (κ3) is 2.15. The highest BCUT2D eigenvalue weighted by Gasteiger charge is 2.31. The first-order valence-electron chi connectivity index (χ1n) is 7.72. The van der Waals surface area contributed by atoms with Crippen LogP contribution < -0.4 is 5.73 Å². The lowest BCUT2D eigenvalue weighted by Crippen LogP contribution is -2.30. The number of benzene rings is 2. The molecule has 2 atom stereocenters. The van der Waals surface area contributed by atoms with Gasteiger partial charge in [0.15, 0.2) is 0 Å². The van der Waals surface area contributed by atoms with Gasteiger partial charge in [0.2, 0.25) is 5.91 Å². The van der Waals surface area contributed by atoms with E-state index in [-0.39, 0.29) is 11.8 Å². The van der Waals surface area contributed by atoms with E-state index in [9.17, 15) is 4.79 Å². The molecule has 1 saturated carbocycles. The number of nitrogens with two attached hydrogens (primary N) is 1. The Morgan fingerprint density at radius 1 is 1.05 bits per heavy atom. The molecule has 2 aliphatic carbocycles. The van der Waals surface area contributed by atoms with Crippen molar-refractivity contribution in [2.24, 2.45) is 17.6 Å². The Morgan fingerprint density at radius 3 is 2.57 bits per heavy atom. The fourth-order valence-electron chi connectivity index (χ4n) is 3.88. The molecule has 21 heavy (non-hydrogen) atoms. The predicted molar refractivity (Wildman–Crippen MR) is 85.7 cm³/mol. The summed E-state index contributed by atoms with van der Waals surface area (Å²) in [4.78, 5) is 11.4. The Kier molecular flexibility index (Phi) is 2.85. The van der Waals surface area contributed by atoms with Crippen LogP contribution in [0.4, 0.5) is 0 Å². The minimum absolute atomic E-state index is 0.0366. The first kappa shape index (κ1) is 12.6. The van der Waals surface area contributed by atoms with Crippen molar-refractivity contribution in [1.82, 2.24) is 0 Å². The largest absolute Gasteiger partial charge is 0.369 e. The predicted octanol–water partition coefficient (Wildman–Crippen LogP) is 3.68. The van der Waals surface area contributed by atoms with Crippen molar-refractivity contribution in [1.29, 1.82) is 0 Å². The third-order valence-corrected chi connectivity index (χ3v) is 5.09. The molecule has 0 aromatic heterocycles. The minimum atomic E-state index is -0.140. The zero-order valence-corrected chi connectivity index (χ0v) is 12.0. The number of hydrogen-bond donors (Lipinski definition) is 1. The molecule has 2 N–H and O–H groups in total. The summed E-state index contributed by atoms with van der Waals surface area (Å²) in [5, 5.41) is 2.60. The lowest BCUT2D eigenvalue weighted by molar-refractivity contribution is -0.122. The molecule has 0 radical (unpaired) electrons. The van der Waals surface area contributed by atoms with Crippen LogP contribution in [0, 0.1) is 11.8 Å². The zero-order chi connectivity index (χ0) is 14.4. The second-order valence-electron chi connectivity index (χ2n) is 6.40. The van der Waals surface area contributed by atoms with Gasteiger partial charge in [0.05, 0.1) is 0 Å². The summed E-state index contributed by atoms with van der Waals surface area (Å²) < 4.78 is 0. The summed E-state index contributed by atoms with van der Waals surface area (Å²) >= 11 is 0. The van der Waals surface area contributed by atoms with Crippen LogP contribution in [0.25, 0.3) is 16.8 Å². The molecule has 0 aliphatic heterocycles. The van der Waals surface area contributed by atoms with Gasteiger partial charge in [-0.2, -0.15) is 0 Å². The molecule has 0 bridgehead atoms. The van der Waals surface area contributed by atoms with Gasteiger partial charge >= 0.3 is 0 Å². The van der Waals surface area contributed by atoms with E-state index >= 15 is 0 Å². The number of carbonyl (C=O) groups excluding carboxylic acids is 1. The van der Waals surface area contributed by atoms with Crippen molar-refractivity contribution in [3.05, 3.63) is 53.1 Å². The normalized spacial score (nSPS) is 24.1. The number of amides is 1. The lowest BCUT2D eigenvalue weighted by Gasteiger charge is -2.33. The van der Waals surface area contributed by atoms with Gasteiger partial charge in [0.25, 0.3) is 0 Å². The Balaban J connectivity index is 1.77. The maximum Gasteiger partial charge on any atom is 0.220 e. The molecule has 1 amide bonds. The molecule has 0 heterocycles. The summed E-state index contributed by atoms with van der Waals surface area (Å²) in [6.45, 7) is 0. The second-order valence-corrected chi connectivity index (χ2v) is 6.40. The van der Waals surface area contributed by atoms with E-state index in [0.29, 0.717) is 5.92 Å². The van der Waals surface area contributed by atoms with Crippen LogP contribution in [0.1, 0.15) is 30.4 Å². The maximum absolute atomic E-state index is 11.4. The topological polar surface area (TPSA) is 43.1 Å². The van der Waals surface area contributed by atoms with Gasteiger partial charge in [0.1, 0.15) is 0 Å². The van der Waals surface area contributed by atoms with Gasteiger partial charge in [-0.25, -0.2) is 0 Å². The Morgan fingerprint density at radius 2 is 1.81 bits per heavy atom. The van der Waals surface area contributed by atoms with E-state index in [1.54, 1.807) is 0 Å². The number of carbonyl (C=O) groups is 1. The Bertz CT molecular complexity index is 759. The molecular weight excluding hydrogens is 258 g/mol. The van der Waals surface area contributed by atoms with Gasteiger partial charge < -0.3 is 5.73 Å². The van der Waals surface area contributed by atoms with Gasteiger partial charge in [-0.15, -0.1) is 0 Å². The number of fused-ring (bicyclic) bond motifs is 3. The fourth-order valence-corrected chi connectivity index (χ4v) is 3.88. The van der Waals surface area contributed by atoms with Crippen molar-refractivity contribution in [3.8, 4) is 0 Å². The van der Waals surface area contributed by atoms with Crippen LogP contribution in [0.5, 0.6) is 0 Å². The monoisotopic (exact) mass is 277 g/mol. The second kappa shape index (κ2) is 4.73. The average Bonchev–Trinajstić information content (AvgIpc) is 2.50. The molecule has 106 valence electrons. The van der Waals surface area contributed by atoms with Crippen LogP contribution in [0.3, 0.4) is 0 Å². The molecule has 2 aromatic carbocycles. The van der Waals surface area contributed by atoms with E-state index in [1.807, 2.05) is 0 Å². The van der Waals surface area contributed by atoms with Crippen LogP contribution >= 0.6 is 0 Å². The maximum atomic E-state index is 11.4. The Hall–Kier alpha value is -2.09. The molecule has 2 unspecified atom stereocenters. The number of allylic oxidation sites excluding steroid dienone is 1. The standard InChI is InChI=1S/C19H19NO/c20-19(21)15-6-5-14-9-17-7-12-3-1-2-4-13(12)8-18(17)11-16(14)10-15/h1-4,7-8,11,14-15H,5-6,9-10H2,(H2,20,21). The van der Waals surface area contributed by atoms with Crippen molar-refractivity contribution in [2.45, 2.75) is 25.7 Å². The SMILES string of the molecule is NC(=O)C1CCC2Cc3cc4ccccc4cc3C=C2C1. The summed E-state index contributed by atoms with van der Waals surface area (Å²) in [7, 11) is 0. The number of rotatable bonds is 1. The molecule has 4 rings (SSSR count). The Labute approximate surface area is 124 Å². The third-order valence-electron chi connectivity index (χ3n) is 5.09. The molecule has 2 nitrogen and oxygen atoms in total. The summed E-state index contributed by atoms with van der Waals surface area (Å²) in [6, 6.07) is 13.1. The van der Waals surface area contributed by atoms with E-state index in [4.69, 9.17) is 5.73 Å². The summed E-state index contributed by atoms with van der Waals surface area (Å²) in [6.07, 6.45) is 6.31. The van der Waals surface area contributed by atoms with E-state index in [2.05, 4.69) is 42.5 Å². The van der Waals surface area contributed by atoms with Crippen molar-refractivity contribution in [2.75, 3.05) is 0 Å². The lowest BCUT2D eigenvalue weighted by atomic mass is 9.71. The highest BCUT2D eigenvalue weighted by molar-refractivity contribution is 5.87.